The summed E-state index contributed by atoms with van der Waals surface area (Å²) < 4.78 is 8.72. The van der Waals surface area contributed by atoms with Crippen molar-refractivity contribution in [3.05, 3.63) is 139 Å². The van der Waals surface area contributed by atoms with Crippen molar-refractivity contribution in [3.63, 3.8) is 0 Å². The van der Waals surface area contributed by atoms with Crippen molar-refractivity contribution in [2.45, 2.75) is 19.3 Å². The number of hydrogen-bond donors (Lipinski definition) is 0. The van der Waals surface area contributed by atoms with E-state index in [4.69, 9.17) is 4.74 Å². The monoisotopic (exact) mass is 501 g/mol. The van der Waals surface area contributed by atoms with Crippen LogP contribution in [0.5, 0.6) is 11.5 Å². The largest absolute Gasteiger partial charge is 0.457 e. The normalized spacial score (nSPS) is 13.8. The molecule has 7 aromatic rings. The van der Waals surface area contributed by atoms with Gasteiger partial charge >= 0.3 is 0 Å². The lowest BCUT2D eigenvalue weighted by molar-refractivity contribution is 0.418. The Hall–Kier alpha value is -4.82. The van der Waals surface area contributed by atoms with Gasteiger partial charge in [-0.2, -0.15) is 0 Å². The summed E-state index contributed by atoms with van der Waals surface area (Å²) in [6.45, 7) is 4.59. The number of ether oxygens (including phenoxy) is 1. The van der Waals surface area contributed by atoms with Crippen LogP contribution in [0.15, 0.2) is 127 Å². The number of fused-ring (bicyclic) bond motifs is 7. The third-order valence-electron chi connectivity index (χ3n) is 8.45. The Balaban J connectivity index is 1.38. The summed E-state index contributed by atoms with van der Waals surface area (Å²) in [5.41, 5.74) is 8.37. The first-order chi connectivity index (χ1) is 19.1. The lowest BCUT2D eigenvalue weighted by Crippen LogP contribution is -2.24. The van der Waals surface area contributed by atoms with Crippen molar-refractivity contribution in [3.8, 4) is 28.3 Å². The standard InChI is InChI=1S/C37H27NO/c1-37(2)30-16-7-9-18-34(30)39-35-22-19-24(23-31(35)37)26-14-10-15-28-27(26)20-21-33-36(28)29-13-6-8-17-32(29)38(33)25-11-4-3-5-12-25/h3-23H,1-2H3. The quantitative estimate of drug-likeness (QED) is 0.230. The molecule has 2 heteroatoms. The SMILES string of the molecule is CC1(C)c2ccccc2Oc2ccc(-c3cccc4c3ccc3c4c4ccccc4n3-c3ccccc3)cc21. The fraction of sp³-hybridized carbons (Fsp3) is 0.0811. The van der Waals surface area contributed by atoms with Crippen LogP contribution in [0.1, 0.15) is 25.0 Å². The van der Waals surface area contributed by atoms with Crippen molar-refractivity contribution in [1.29, 1.82) is 0 Å². The van der Waals surface area contributed by atoms with Crippen molar-refractivity contribution in [2.75, 3.05) is 0 Å². The van der Waals surface area contributed by atoms with Crippen molar-refractivity contribution < 1.29 is 4.74 Å². The predicted octanol–water partition coefficient (Wildman–Crippen LogP) is 10.0. The first-order valence-corrected chi connectivity index (χ1v) is 13.5. The molecule has 0 N–H and O–H groups in total. The number of hydrogen-bond acceptors (Lipinski definition) is 1. The van der Waals surface area contributed by atoms with E-state index < -0.39 is 0 Å². The molecular formula is C37H27NO. The lowest BCUT2D eigenvalue weighted by Gasteiger charge is -2.34. The number of aromatic nitrogens is 1. The summed E-state index contributed by atoms with van der Waals surface area (Å²) in [6, 6.07) is 45.7. The smallest absolute Gasteiger partial charge is 0.131 e. The van der Waals surface area contributed by atoms with E-state index in [1.54, 1.807) is 0 Å². The van der Waals surface area contributed by atoms with Gasteiger partial charge < -0.3 is 9.30 Å². The van der Waals surface area contributed by atoms with Crippen molar-refractivity contribution in [1.82, 2.24) is 4.57 Å². The van der Waals surface area contributed by atoms with Gasteiger partial charge in [-0.1, -0.05) is 98.8 Å². The molecule has 0 aliphatic carbocycles. The van der Waals surface area contributed by atoms with Gasteiger partial charge in [0.15, 0.2) is 0 Å². The second-order valence-corrected chi connectivity index (χ2v) is 11.0. The summed E-state index contributed by atoms with van der Waals surface area (Å²) in [4.78, 5) is 0. The van der Waals surface area contributed by atoms with E-state index in [0.29, 0.717) is 0 Å². The highest BCUT2D eigenvalue weighted by Crippen LogP contribution is 2.49. The Kier molecular flexibility index (Phi) is 4.60. The number of benzene rings is 6. The van der Waals surface area contributed by atoms with Gasteiger partial charge in [-0.15, -0.1) is 0 Å². The molecule has 186 valence electrons. The fourth-order valence-electron chi connectivity index (χ4n) is 6.54. The summed E-state index contributed by atoms with van der Waals surface area (Å²) >= 11 is 0. The Morgan fingerprint density at radius 3 is 2.18 bits per heavy atom. The topological polar surface area (TPSA) is 14.2 Å². The molecule has 8 rings (SSSR count). The maximum Gasteiger partial charge on any atom is 0.131 e. The average molecular weight is 502 g/mol. The van der Waals surface area contributed by atoms with E-state index in [9.17, 15) is 0 Å². The van der Waals surface area contributed by atoms with Gasteiger partial charge in [0, 0.05) is 33.0 Å². The lowest BCUT2D eigenvalue weighted by atomic mass is 9.75. The number of nitrogens with zero attached hydrogens (tertiary/aromatic N) is 1. The summed E-state index contributed by atoms with van der Waals surface area (Å²) in [5.74, 6) is 1.89. The minimum atomic E-state index is -0.152. The molecule has 0 atom stereocenters. The molecule has 39 heavy (non-hydrogen) atoms. The van der Waals surface area contributed by atoms with Crippen LogP contribution in [0.2, 0.25) is 0 Å². The Morgan fingerprint density at radius 2 is 1.28 bits per heavy atom. The summed E-state index contributed by atoms with van der Waals surface area (Å²) in [7, 11) is 0. The molecular weight excluding hydrogens is 474 g/mol. The molecule has 0 bridgehead atoms. The van der Waals surface area contributed by atoms with Crippen LogP contribution in [0.4, 0.5) is 0 Å². The van der Waals surface area contributed by atoms with Crippen molar-refractivity contribution >= 4 is 32.6 Å². The van der Waals surface area contributed by atoms with Crippen LogP contribution < -0.4 is 4.74 Å². The number of para-hydroxylation sites is 3. The minimum absolute atomic E-state index is 0.152. The zero-order chi connectivity index (χ0) is 26.1. The van der Waals surface area contributed by atoms with Gasteiger partial charge in [-0.3, -0.25) is 0 Å². The highest BCUT2D eigenvalue weighted by molar-refractivity contribution is 6.23. The molecule has 1 aliphatic heterocycles. The van der Waals surface area contributed by atoms with Gasteiger partial charge in [0.25, 0.3) is 0 Å². The van der Waals surface area contributed by atoms with Gasteiger partial charge in [-0.25, -0.2) is 0 Å². The molecule has 2 nitrogen and oxygen atoms in total. The van der Waals surface area contributed by atoms with Gasteiger partial charge in [-0.05, 0) is 64.4 Å². The Morgan fingerprint density at radius 1 is 0.538 bits per heavy atom. The van der Waals surface area contributed by atoms with Crippen LogP contribution in [0.25, 0.3) is 49.4 Å². The van der Waals surface area contributed by atoms with Crippen LogP contribution >= 0.6 is 0 Å². The van der Waals surface area contributed by atoms with Crippen LogP contribution in [-0.4, -0.2) is 4.57 Å². The number of rotatable bonds is 2. The third kappa shape index (κ3) is 3.15. The highest BCUT2D eigenvalue weighted by Gasteiger charge is 2.34. The van der Waals surface area contributed by atoms with E-state index in [-0.39, 0.29) is 5.41 Å². The first kappa shape index (κ1) is 22.2. The second kappa shape index (κ2) is 8.09. The van der Waals surface area contributed by atoms with E-state index >= 15 is 0 Å². The molecule has 0 fully saturated rings. The summed E-state index contributed by atoms with van der Waals surface area (Å²) in [5, 5.41) is 5.10. The van der Waals surface area contributed by atoms with E-state index in [2.05, 4.69) is 140 Å². The van der Waals surface area contributed by atoms with Crippen LogP contribution in [0, 0.1) is 0 Å². The zero-order valence-corrected chi connectivity index (χ0v) is 22.0. The van der Waals surface area contributed by atoms with Crippen molar-refractivity contribution in [2.24, 2.45) is 0 Å². The molecule has 0 saturated carbocycles. The molecule has 0 saturated heterocycles. The van der Waals surface area contributed by atoms with E-state index in [1.165, 1.54) is 60.5 Å². The highest BCUT2D eigenvalue weighted by atomic mass is 16.5. The van der Waals surface area contributed by atoms with Crippen LogP contribution in [-0.2, 0) is 5.41 Å². The molecule has 0 spiro atoms. The molecule has 0 unspecified atom stereocenters. The molecule has 1 aliphatic rings. The second-order valence-electron chi connectivity index (χ2n) is 11.0. The Bertz CT molecular complexity index is 2060. The minimum Gasteiger partial charge on any atom is -0.457 e. The maximum absolute atomic E-state index is 6.34. The zero-order valence-electron chi connectivity index (χ0n) is 22.0. The Labute approximate surface area is 227 Å². The predicted molar refractivity (Wildman–Crippen MR) is 162 cm³/mol. The van der Waals surface area contributed by atoms with E-state index in [0.717, 1.165) is 11.5 Å². The maximum atomic E-state index is 6.34. The molecule has 0 amide bonds. The molecule has 0 radical (unpaired) electrons. The van der Waals surface area contributed by atoms with Gasteiger partial charge in [0.05, 0.1) is 11.0 Å². The van der Waals surface area contributed by atoms with Crippen LogP contribution in [0.3, 0.4) is 0 Å². The molecule has 1 aromatic heterocycles. The summed E-state index contributed by atoms with van der Waals surface area (Å²) in [6.07, 6.45) is 0. The first-order valence-electron chi connectivity index (χ1n) is 13.5. The average Bonchev–Trinajstić information content (AvgIpc) is 3.32. The van der Waals surface area contributed by atoms with Gasteiger partial charge in [0.2, 0.25) is 0 Å². The van der Waals surface area contributed by atoms with E-state index in [1.807, 2.05) is 6.07 Å². The van der Waals surface area contributed by atoms with Gasteiger partial charge in [0.1, 0.15) is 11.5 Å². The molecule has 2 heterocycles. The molecule has 6 aromatic carbocycles. The fourth-order valence-corrected chi connectivity index (χ4v) is 6.54. The third-order valence-corrected chi connectivity index (χ3v) is 8.45.